The van der Waals surface area contributed by atoms with Crippen molar-refractivity contribution in [1.29, 1.82) is 0 Å². The quantitative estimate of drug-likeness (QED) is 0.683. The zero-order chi connectivity index (χ0) is 17.6. The van der Waals surface area contributed by atoms with Crippen LogP contribution in [0.2, 0.25) is 0 Å². The molecule has 3 nitrogen and oxygen atoms in total. The monoisotopic (exact) mass is 342 g/mol. The van der Waals surface area contributed by atoms with Crippen LogP contribution in [0.15, 0.2) is 16.9 Å². The topological polar surface area (TPSA) is 39.4 Å². The van der Waals surface area contributed by atoms with E-state index in [9.17, 15) is 4.79 Å². The smallest absolute Gasteiger partial charge is 0.302 e. The Hall–Kier alpha value is -1.25. The molecule has 5 rings (SSSR count). The van der Waals surface area contributed by atoms with Crippen molar-refractivity contribution in [2.75, 3.05) is 0 Å². The summed E-state index contributed by atoms with van der Waals surface area (Å²) in [6.07, 6.45) is 11.3. The van der Waals surface area contributed by atoms with Gasteiger partial charge in [-0.25, -0.2) is 0 Å². The number of carbonyl (C=O) groups is 1. The number of ether oxygens (including phenoxy) is 1. The molecule has 0 saturated heterocycles. The summed E-state index contributed by atoms with van der Waals surface area (Å²) in [6.45, 7) is 9.01. The molecule has 7 atom stereocenters. The molecule has 25 heavy (non-hydrogen) atoms. The molecule has 0 aliphatic heterocycles. The molecule has 0 bridgehead atoms. The van der Waals surface area contributed by atoms with Gasteiger partial charge in [-0.3, -0.25) is 4.79 Å². The molecular weight excluding hydrogens is 312 g/mol. The molecule has 3 heteroatoms. The van der Waals surface area contributed by atoms with E-state index in [2.05, 4.69) is 20.8 Å². The zero-order valence-corrected chi connectivity index (χ0v) is 15.9. The largest absolute Gasteiger partial charge is 0.472 e. The number of fused-ring (bicyclic) bond motifs is 7. The van der Waals surface area contributed by atoms with E-state index in [-0.39, 0.29) is 22.9 Å². The summed E-state index contributed by atoms with van der Waals surface area (Å²) in [6, 6.07) is 0. The number of carbonyl (C=O) groups excluding carboxylic acids is 1. The summed E-state index contributed by atoms with van der Waals surface area (Å²) in [5.74, 6) is 1.90. The van der Waals surface area contributed by atoms with E-state index in [1.165, 1.54) is 36.8 Å². The minimum Gasteiger partial charge on any atom is -0.472 e. The minimum atomic E-state index is -0.111. The van der Waals surface area contributed by atoms with Crippen LogP contribution in [0, 0.1) is 28.6 Å². The second-order valence-electron chi connectivity index (χ2n) is 10.1. The fourth-order valence-electron chi connectivity index (χ4n) is 7.86. The average Bonchev–Trinajstić information content (AvgIpc) is 3.00. The molecule has 1 aromatic rings. The first-order valence-corrected chi connectivity index (χ1v) is 10.0. The molecule has 0 amide bonds. The van der Waals surface area contributed by atoms with Gasteiger partial charge in [-0.1, -0.05) is 20.8 Å². The Labute approximate surface area is 150 Å². The molecule has 1 aromatic heterocycles. The highest BCUT2D eigenvalue weighted by Crippen LogP contribution is 2.75. The van der Waals surface area contributed by atoms with Crippen LogP contribution >= 0.6 is 0 Å². The fraction of sp³-hybridized carbons (Fsp3) is 0.773. The van der Waals surface area contributed by atoms with Gasteiger partial charge in [-0.05, 0) is 77.7 Å². The highest BCUT2D eigenvalue weighted by molar-refractivity contribution is 5.66. The molecular formula is C22H30O3. The van der Waals surface area contributed by atoms with Gasteiger partial charge in [0.05, 0.1) is 12.5 Å². The van der Waals surface area contributed by atoms with Gasteiger partial charge in [-0.2, -0.15) is 0 Å². The van der Waals surface area contributed by atoms with Crippen LogP contribution in [0.25, 0.3) is 0 Å². The molecule has 0 spiro atoms. The Bertz CT molecular complexity index is 735. The third-order valence-electron chi connectivity index (χ3n) is 8.92. The number of hydrogen-bond donors (Lipinski definition) is 0. The lowest BCUT2D eigenvalue weighted by molar-refractivity contribution is -0.163. The Kier molecular flexibility index (Phi) is 3.01. The van der Waals surface area contributed by atoms with Crippen molar-refractivity contribution in [2.45, 2.75) is 77.7 Å². The predicted octanol–water partition coefficient (Wildman–Crippen LogP) is 4.88. The molecule has 4 aliphatic carbocycles. The first-order valence-electron chi connectivity index (χ1n) is 10.0. The molecule has 0 aromatic carbocycles. The number of furan rings is 1. The summed E-state index contributed by atoms with van der Waals surface area (Å²) in [4.78, 5) is 11.7. The minimum absolute atomic E-state index is 0.111. The van der Waals surface area contributed by atoms with Crippen LogP contribution in [0.5, 0.6) is 0 Å². The molecule has 3 saturated carbocycles. The van der Waals surface area contributed by atoms with Crippen molar-refractivity contribution < 1.29 is 13.9 Å². The SMILES string of the molecule is CC(=O)O[C@@H]1C[C@@]2(C)[C@@H](CC[C@@]3(C)c4cocc4CC[C@H]23)[C@]2(C)C[C@H]12. The summed E-state index contributed by atoms with van der Waals surface area (Å²) in [7, 11) is 0. The molecule has 0 N–H and O–H groups in total. The maximum atomic E-state index is 11.7. The van der Waals surface area contributed by atoms with E-state index in [1.807, 2.05) is 12.5 Å². The standard InChI is InChI=1S/C22H30O3/c1-13(23)25-17-10-22(4)18-6-5-14-11-24-12-16(14)20(18,2)8-7-19(22)21(3)9-15(17)21/h11-12,15,17-19H,5-10H2,1-4H3/t15-,17-,18+,19+,20+,21-,22-/m1/s1. The number of aryl methyl sites for hydroxylation is 1. The van der Waals surface area contributed by atoms with Gasteiger partial charge in [0.1, 0.15) is 6.10 Å². The van der Waals surface area contributed by atoms with E-state index >= 15 is 0 Å². The van der Waals surface area contributed by atoms with Crippen molar-refractivity contribution in [3.8, 4) is 0 Å². The highest BCUT2D eigenvalue weighted by Gasteiger charge is 2.71. The molecule has 4 aliphatic rings. The number of hydrogen-bond acceptors (Lipinski definition) is 3. The first kappa shape index (κ1) is 16.0. The lowest BCUT2D eigenvalue weighted by Crippen LogP contribution is -2.58. The van der Waals surface area contributed by atoms with E-state index in [4.69, 9.17) is 9.15 Å². The van der Waals surface area contributed by atoms with Gasteiger partial charge in [0.2, 0.25) is 0 Å². The van der Waals surface area contributed by atoms with Crippen molar-refractivity contribution in [2.24, 2.45) is 28.6 Å². The van der Waals surface area contributed by atoms with Crippen LogP contribution in [-0.2, 0) is 21.4 Å². The Morgan fingerprint density at radius 1 is 1.12 bits per heavy atom. The van der Waals surface area contributed by atoms with Crippen molar-refractivity contribution in [3.63, 3.8) is 0 Å². The number of rotatable bonds is 1. The van der Waals surface area contributed by atoms with Crippen LogP contribution in [-0.4, -0.2) is 12.1 Å². The first-order chi connectivity index (χ1) is 11.8. The molecule has 0 radical (unpaired) electrons. The predicted molar refractivity (Wildman–Crippen MR) is 95.1 cm³/mol. The lowest BCUT2D eigenvalue weighted by atomic mass is 9.42. The average molecular weight is 342 g/mol. The van der Waals surface area contributed by atoms with Crippen LogP contribution < -0.4 is 0 Å². The lowest BCUT2D eigenvalue weighted by Gasteiger charge is -2.62. The second kappa shape index (κ2) is 4.72. The van der Waals surface area contributed by atoms with Gasteiger partial charge >= 0.3 is 5.97 Å². The van der Waals surface area contributed by atoms with Crippen molar-refractivity contribution in [3.05, 3.63) is 23.7 Å². The molecule has 0 unspecified atom stereocenters. The normalized spacial score (nSPS) is 50.1. The highest BCUT2D eigenvalue weighted by atomic mass is 16.5. The van der Waals surface area contributed by atoms with Gasteiger partial charge in [0.25, 0.3) is 0 Å². The van der Waals surface area contributed by atoms with Crippen LogP contribution in [0.4, 0.5) is 0 Å². The second-order valence-corrected chi connectivity index (χ2v) is 10.1. The van der Waals surface area contributed by atoms with Gasteiger partial charge in [0.15, 0.2) is 0 Å². The number of esters is 1. The van der Waals surface area contributed by atoms with Gasteiger partial charge in [-0.15, -0.1) is 0 Å². The maximum Gasteiger partial charge on any atom is 0.302 e. The Morgan fingerprint density at radius 3 is 2.68 bits per heavy atom. The summed E-state index contributed by atoms with van der Waals surface area (Å²) >= 11 is 0. The Balaban J connectivity index is 1.56. The fourth-order valence-corrected chi connectivity index (χ4v) is 7.86. The maximum absolute atomic E-state index is 11.7. The summed E-state index contributed by atoms with van der Waals surface area (Å²) in [5, 5.41) is 0. The van der Waals surface area contributed by atoms with Crippen molar-refractivity contribution in [1.82, 2.24) is 0 Å². The van der Waals surface area contributed by atoms with Gasteiger partial charge in [0, 0.05) is 12.8 Å². The molecule has 1 heterocycles. The van der Waals surface area contributed by atoms with E-state index in [1.54, 1.807) is 6.92 Å². The third-order valence-corrected chi connectivity index (χ3v) is 8.92. The zero-order valence-electron chi connectivity index (χ0n) is 15.9. The molecule has 3 fully saturated rings. The van der Waals surface area contributed by atoms with Crippen LogP contribution in [0.1, 0.15) is 70.9 Å². The summed E-state index contributed by atoms with van der Waals surface area (Å²) in [5.41, 5.74) is 3.72. The van der Waals surface area contributed by atoms with Gasteiger partial charge < -0.3 is 9.15 Å². The van der Waals surface area contributed by atoms with E-state index < -0.39 is 0 Å². The summed E-state index contributed by atoms with van der Waals surface area (Å²) < 4.78 is 11.4. The van der Waals surface area contributed by atoms with Crippen LogP contribution in [0.3, 0.4) is 0 Å². The molecule has 136 valence electrons. The Morgan fingerprint density at radius 2 is 1.92 bits per heavy atom. The van der Waals surface area contributed by atoms with Crippen molar-refractivity contribution >= 4 is 5.97 Å². The van der Waals surface area contributed by atoms with E-state index in [0.29, 0.717) is 17.3 Å². The van der Waals surface area contributed by atoms with E-state index in [0.717, 1.165) is 18.8 Å². The third kappa shape index (κ3) is 1.90.